The number of aryl methyl sites for hydroxylation is 2. The normalized spacial score (nSPS) is 19.8. The van der Waals surface area contributed by atoms with Crippen molar-refractivity contribution in [2.75, 3.05) is 6.54 Å². The summed E-state index contributed by atoms with van der Waals surface area (Å²) in [5, 5.41) is 7.85. The van der Waals surface area contributed by atoms with Crippen molar-refractivity contribution in [2.24, 2.45) is 0 Å². The maximum absolute atomic E-state index is 13.0. The maximum Gasteiger partial charge on any atom is 0.249 e. The van der Waals surface area contributed by atoms with E-state index in [4.69, 9.17) is 9.05 Å². The van der Waals surface area contributed by atoms with Crippen molar-refractivity contribution in [1.82, 2.24) is 14.6 Å². The second kappa shape index (κ2) is 5.76. The number of sulfonamides is 1. The Bertz CT molecular complexity index is 787. The monoisotopic (exact) mass is 339 g/mol. The van der Waals surface area contributed by atoms with E-state index in [2.05, 4.69) is 10.3 Å². The number of hydrogen-bond donors (Lipinski definition) is 0. The minimum Gasteiger partial charge on any atom is -0.361 e. The number of nitrogens with zero attached hydrogens (tertiary/aromatic N) is 3. The molecule has 7 nitrogen and oxygen atoms in total. The van der Waals surface area contributed by atoms with Crippen LogP contribution in [0.5, 0.6) is 0 Å². The molecule has 0 N–H and O–H groups in total. The Balaban J connectivity index is 1.98. The molecule has 8 heteroatoms. The Morgan fingerprint density at radius 2 is 2.00 bits per heavy atom. The average Bonchev–Trinajstić information content (AvgIpc) is 3.17. The van der Waals surface area contributed by atoms with Crippen molar-refractivity contribution in [3.63, 3.8) is 0 Å². The molecular weight excluding hydrogens is 318 g/mol. The van der Waals surface area contributed by atoms with Crippen molar-refractivity contribution in [3.05, 3.63) is 29.0 Å². The molecule has 1 saturated heterocycles. The molecule has 0 saturated carbocycles. The van der Waals surface area contributed by atoms with Gasteiger partial charge in [-0.2, -0.15) is 4.31 Å². The van der Waals surface area contributed by atoms with Gasteiger partial charge in [0.25, 0.3) is 0 Å². The largest absolute Gasteiger partial charge is 0.361 e. The fraction of sp³-hybridized carbons (Fsp3) is 0.600. The van der Waals surface area contributed by atoms with Crippen LogP contribution in [-0.4, -0.2) is 29.6 Å². The van der Waals surface area contributed by atoms with E-state index in [9.17, 15) is 8.42 Å². The van der Waals surface area contributed by atoms with Gasteiger partial charge in [0.05, 0.1) is 6.04 Å². The smallest absolute Gasteiger partial charge is 0.249 e. The van der Waals surface area contributed by atoms with Crippen LogP contribution in [-0.2, 0) is 10.0 Å². The summed E-state index contributed by atoms with van der Waals surface area (Å²) in [6, 6.07) is 1.56. The predicted octanol–water partition coefficient (Wildman–Crippen LogP) is 2.93. The van der Waals surface area contributed by atoms with Gasteiger partial charge >= 0.3 is 0 Å². The first-order valence-corrected chi connectivity index (χ1v) is 9.17. The first-order valence-electron chi connectivity index (χ1n) is 7.73. The Morgan fingerprint density at radius 1 is 1.26 bits per heavy atom. The molecule has 1 fully saturated rings. The lowest BCUT2D eigenvalue weighted by atomic mass is 10.1. The van der Waals surface area contributed by atoms with Crippen LogP contribution in [0.2, 0.25) is 0 Å². The fourth-order valence-electron chi connectivity index (χ4n) is 3.02. The molecule has 1 aliphatic heterocycles. The summed E-state index contributed by atoms with van der Waals surface area (Å²) >= 11 is 0. The third kappa shape index (κ3) is 2.70. The molecule has 23 heavy (non-hydrogen) atoms. The molecule has 0 spiro atoms. The molecule has 0 bridgehead atoms. The van der Waals surface area contributed by atoms with E-state index >= 15 is 0 Å². The number of hydrogen-bond acceptors (Lipinski definition) is 6. The Morgan fingerprint density at radius 3 is 2.57 bits per heavy atom. The summed E-state index contributed by atoms with van der Waals surface area (Å²) in [6.45, 7) is 7.74. The van der Waals surface area contributed by atoms with Crippen LogP contribution in [0.1, 0.15) is 61.6 Å². The highest BCUT2D eigenvalue weighted by Gasteiger charge is 2.40. The summed E-state index contributed by atoms with van der Waals surface area (Å²) < 4.78 is 37.9. The highest BCUT2D eigenvalue weighted by Crippen LogP contribution is 2.38. The second-order valence-electron chi connectivity index (χ2n) is 6.24. The molecular formula is C15H21N3O4S. The zero-order valence-electron chi connectivity index (χ0n) is 13.7. The van der Waals surface area contributed by atoms with Crippen molar-refractivity contribution in [2.45, 2.75) is 57.4 Å². The summed E-state index contributed by atoms with van der Waals surface area (Å²) in [6.07, 6.45) is 1.52. The van der Waals surface area contributed by atoms with Gasteiger partial charge in [-0.3, -0.25) is 0 Å². The molecule has 0 radical (unpaired) electrons. The van der Waals surface area contributed by atoms with Gasteiger partial charge in [0.2, 0.25) is 10.0 Å². The highest BCUT2D eigenvalue weighted by molar-refractivity contribution is 7.89. The van der Waals surface area contributed by atoms with Gasteiger partial charge in [0.15, 0.2) is 5.76 Å². The van der Waals surface area contributed by atoms with E-state index in [0.717, 1.165) is 18.6 Å². The highest BCUT2D eigenvalue weighted by atomic mass is 32.2. The molecule has 2 aromatic heterocycles. The number of rotatable bonds is 4. The quantitative estimate of drug-likeness (QED) is 0.851. The van der Waals surface area contributed by atoms with E-state index in [0.29, 0.717) is 23.7 Å². The Labute approximate surface area is 135 Å². The van der Waals surface area contributed by atoms with Gasteiger partial charge in [-0.15, -0.1) is 0 Å². The molecule has 0 amide bonds. The Hall–Kier alpha value is -1.67. The van der Waals surface area contributed by atoms with Crippen LogP contribution in [0, 0.1) is 13.8 Å². The molecule has 3 heterocycles. The van der Waals surface area contributed by atoms with E-state index in [-0.39, 0.29) is 16.9 Å². The van der Waals surface area contributed by atoms with Gasteiger partial charge in [0.1, 0.15) is 22.0 Å². The first-order chi connectivity index (χ1) is 10.8. The lowest BCUT2D eigenvalue weighted by Gasteiger charge is -2.22. The fourth-order valence-corrected chi connectivity index (χ4v) is 4.98. The lowest BCUT2D eigenvalue weighted by molar-refractivity contribution is 0.337. The van der Waals surface area contributed by atoms with E-state index in [1.165, 1.54) is 4.31 Å². The van der Waals surface area contributed by atoms with E-state index in [1.807, 2.05) is 19.9 Å². The van der Waals surface area contributed by atoms with E-state index < -0.39 is 10.0 Å². The molecule has 0 aromatic carbocycles. The standard InChI is InChI=1S/C15H21N3O4S/c1-9(2)14-8-12(17-22-14)13-6-5-7-18(13)23(19,20)15-10(3)16-21-11(15)4/h8-9,13H,5-7H2,1-4H3/t13-/m1/s1. The molecule has 1 aliphatic rings. The van der Waals surface area contributed by atoms with Crippen molar-refractivity contribution in [1.29, 1.82) is 0 Å². The summed E-state index contributed by atoms with van der Waals surface area (Å²) in [5.41, 5.74) is 1.05. The molecule has 0 aliphatic carbocycles. The average molecular weight is 339 g/mol. The zero-order chi connectivity index (χ0) is 16.8. The van der Waals surface area contributed by atoms with Gasteiger partial charge in [0, 0.05) is 18.5 Å². The predicted molar refractivity (Wildman–Crippen MR) is 82.4 cm³/mol. The van der Waals surface area contributed by atoms with Crippen LogP contribution < -0.4 is 0 Å². The van der Waals surface area contributed by atoms with Crippen molar-refractivity contribution < 1.29 is 17.5 Å². The maximum atomic E-state index is 13.0. The summed E-state index contributed by atoms with van der Waals surface area (Å²) in [4.78, 5) is 0.164. The minimum atomic E-state index is -3.67. The van der Waals surface area contributed by atoms with E-state index in [1.54, 1.807) is 13.8 Å². The van der Waals surface area contributed by atoms with Gasteiger partial charge in [-0.1, -0.05) is 24.2 Å². The van der Waals surface area contributed by atoms with Crippen LogP contribution >= 0.6 is 0 Å². The van der Waals surface area contributed by atoms with Crippen LogP contribution in [0.3, 0.4) is 0 Å². The lowest BCUT2D eigenvalue weighted by Crippen LogP contribution is -2.31. The van der Waals surface area contributed by atoms with Gasteiger partial charge < -0.3 is 9.05 Å². The number of aromatic nitrogens is 2. The summed E-state index contributed by atoms with van der Waals surface area (Å²) in [7, 11) is -3.67. The van der Waals surface area contributed by atoms with Gasteiger partial charge in [-0.25, -0.2) is 8.42 Å². The molecule has 3 rings (SSSR count). The first kappa shape index (κ1) is 16.2. The molecule has 1 atom stereocenters. The third-order valence-corrected chi connectivity index (χ3v) is 6.35. The molecule has 2 aromatic rings. The Kier molecular flexibility index (Phi) is 4.05. The van der Waals surface area contributed by atoms with Crippen LogP contribution in [0.25, 0.3) is 0 Å². The van der Waals surface area contributed by atoms with Crippen molar-refractivity contribution in [3.8, 4) is 0 Å². The SMILES string of the molecule is Cc1noc(C)c1S(=O)(=O)N1CCC[C@@H]1c1cc(C(C)C)on1. The van der Waals surface area contributed by atoms with Crippen LogP contribution in [0.15, 0.2) is 20.0 Å². The van der Waals surface area contributed by atoms with Crippen LogP contribution in [0.4, 0.5) is 0 Å². The topological polar surface area (TPSA) is 89.4 Å². The van der Waals surface area contributed by atoms with Gasteiger partial charge in [-0.05, 0) is 26.7 Å². The summed E-state index contributed by atoms with van der Waals surface area (Å²) in [5.74, 6) is 1.29. The molecule has 126 valence electrons. The zero-order valence-corrected chi connectivity index (χ0v) is 14.6. The van der Waals surface area contributed by atoms with Crippen molar-refractivity contribution >= 4 is 10.0 Å². The third-order valence-electron chi connectivity index (χ3n) is 4.20. The minimum absolute atomic E-state index is 0.164. The molecule has 0 unspecified atom stereocenters. The second-order valence-corrected chi connectivity index (χ2v) is 8.06.